The first-order chi connectivity index (χ1) is 10.4. The van der Waals surface area contributed by atoms with Gasteiger partial charge in [-0.25, -0.2) is 0 Å². The molecule has 0 spiro atoms. The van der Waals surface area contributed by atoms with Crippen molar-refractivity contribution in [1.82, 2.24) is 0 Å². The summed E-state index contributed by atoms with van der Waals surface area (Å²) in [5, 5.41) is 0. The Morgan fingerprint density at radius 2 is 1.59 bits per heavy atom. The first-order valence-electron chi connectivity index (χ1n) is 6.20. The van der Waals surface area contributed by atoms with Crippen LogP contribution in [0.3, 0.4) is 0 Å². The molecule has 0 atom stereocenters. The minimum absolute atomic E-state index is 0.0717. The Hall–Kier alpha value is -2.38. The molecule has 6 nitrogen and oxygen atoms in total. The molecule has 0 bridgehead atoms. The van der Waals surface area contributed by atoms with Crippen LogP contribution < -0.4 is 9.47 Å². The molecule has 2 aromatic carbocycles. The highest BCUT2D eigenvalue weighted by Gasteiger charge is 2.24. The lowest BCUT2D eigenvalue weighted by atomic mass is 10.00. The molecule has 116 valence electrons. The number of carbonyl (C=O) groups excluding carboxylic acids is 1. The fourth-order valence-electron chi connectivity index (χ4n) is 2.15. The molecule has 1 N–H and O–H groups in total. The fourth-order valence-corrected chi connectivity index (χ4v) is 2.95. The van der Waals surface area contributed by atoms with Gasteiger partial charge in [-0.15, -0.1) is 0 Å². The van der Waals surface area contributed by atoms with Crippen LogP contribution in [0.5, 0.6) is 11.5 Å². The van der Waals surface area contributed by atoms with Gasteiger partial charge in [-0.05, 0) is 23.3 Å². The first-order valence-corrected chi connectivity index (χ1v) is 7.64. The van der Waals surface area contributed by atoms with E-state index in [1.807, 2.05) is 0 Å². The number of benzene rings is 2. The number of hydrogen-bond acceptors (Lipinski definition) is 5. The van der Waals surface area contributed by atoms with Crippen molar-refractivity contribution < 1.29 is 27.2 Å². The lowest BCUT2D eigenvalue weighted by Crippen LogP contribution is -2.05. The minimum Gasteiger partial charge on any atom is -0.495 e. The van der Waals surface area contributed by atoms with Gasteiger partial charge >= 0.3 is 10.1 Å². The van der Waals surface area contributed by atoms with Crippen molar-refractivity contribution in [3.8, 4) is 22.6 Å². The molecular weight excluding hydrogens is 308 g/mol. The van der Waals surface area contributed by atoms with Gasteiger partial charge in [0.2, 0.25) is 0 Å². The Kier molecular flexibility index (Phi) is 4.48. The number of hydrogen-bond donors (Lipinski definition) is 1. The van der Waals surface area contributed by atoms with E-state index in [9.17, 15) is 17.8 Å². The molecule has 2 aromatic rings. The highest BCUT2D eigenvalue weighted by Crippen LogP contribution is 2.38. The van der Waals surface area contributed by atoms with Gasteiger partial charge in [0, 0.05) is 5.56 Å². The van der Waals surface area contributed by atoms with Crippen LogP contribution in [-0.4, -0.2) is 33.5 Å². The van der Waals surface area contributed by atoms with Crippen LogP contribution in [0.4, 0.5) is 0 Å². The lowest BCUT2D eigenvalue weighted by molar-refractivity contribution is 0.112. The maximum Gasteiger partial charge on any atom is 0.301 e. The monoisotopic (exact) mass is 322 g/mol. The van der Waals surface area contributed by atoms with Gasteiger partial charge < -0.3 is 9.47 Å². The molecule has 0 unspecified atom stereocenters. The van der Waals surface area contributed by atoms with Crippen LogP contribution in [0, 0.1) is 0 Å². The Balaban J connectivity index is 2.78. The van der Waals surface area contributed by atoms with Crippen molar-refractivity contribution in [2.24, 2.45) is 0 Å². The van der Waals surface area contributed by atoms with E-state index in [1.165, 1.54) is 26.4 Å². The summed E-state index contributed by atoms with van der Waals surface area (Å²) in [6, 6.07) is 9.66. The first kappa shape index (κ1) is 16.0. The van der Waals surface area contributed by atoms with Gasteiger partial charge in [0.15, 0.2) is 11.2 Å². The van der Waals surface area contributed by atoms with Crippen molar-refractivity contribution in [2.45, 2.75) is 4.90 Å². The van der Waals surface area contributed by atoms with Gasteiger partial charge in [-0.2, -0.15) is 8.42 Å². The molecule has 0 fully saturated rings. The summed E-state index contributed by atoms with van der Waals surface area (Å²) in [7, 11) is -1.97. The van der Waals surface area contributed by atoms with E-state index in [-0.39, 0.29) is 11.5 Å². The van der Waals surface area contributed by atoms with Gasteiger partial charge in [-0.1, -0.05) is 24.3 Å². The zero-order valence-corrected chi connectivity index (χ0v) is 12.8. The predicted octanol–water partition coefficient (Wildman–Crippen LogP) is 2.43. The van der Waals surface area contributed by atoms with Crippen LogP contribution >= 0.6 is 0 Å². The SMILES string of the molecule is COc1cc(-c2ccccc2C=O)cc(OC)c1S(=O)(=O)O. The van der Waals surface area contributed by atoms with E-state index < -0.39 is 15.0 Å². The van der Waals surface area contributed by atoms with Crippen molar-refractivity contribution in [3.05, 3.63) is 42.0 Å². The quantitative estimate of drug-likeness (QED) is 0.671. The van der Waals surface area contributed by atoms with E-state index >= 15 is 0 Å². The third-order valence-electron chi connectivity index (χ3n) is 3.12. The second-order valence-corrected chi connectivity index (χ2v) is 5.75. The molecule has 2 rings (SSSR count). The third kappa shape index (κ3) is 2.95. The number of carbonyl (C=O) groups is 1. The van der Waals surface area contributed by atoms with E-state index in [2.05, 4.69) is 0 Å². The molecule has 0 aromatic heterocycles. The number of rotatable bonds is 5. The molecule has 0 heterocycles. The topological polar surface area (TPSA) is 89.9 Å². The predicted molar refractivity (Wildman–Crippen MR) is 80.2 cm³/mol. The summed E-state index contributed by atoms with van der Waals surface area (Å²) in [6.07, 6.45) is 0.699. The number of methoxy groups -OCH3 is 2. The maximum atomic E-state index is 11.5. The second kappa shape index (κ2) is 6.17. The van der Waals surface area contributed by atoms with Gasteiger partial charge in [0.25, 0.3) is 0 Å². The van der Waals surface area contributed by atoms with Crippen molar-refractivity contribution >= 4 is 16.4 Å². The van der Waals surface area contributed by atoms with Crippen LogP contribution in [-0.2, 0) is 10.1 Å². The van der Waals surface area contributed by atoms with Crippen LogP contribution in [0.25, 0.3) is 11.1 Å². The Morgan fingerprint density at radius 3 is 2.05 bits per heavy atom. The standard InChI is InChI=1S/C15H14O6S/c1-20-13-7-11(12-6-4-3-5-10(12)9-16)8-14(21-2)15(13)22(17,18)19/h3-9H,1-2H3,(H,17,18,19). The van der Waals surface area contributed by atoms with Crippen LogP contribution in [0.2, 0.25) is 0 Å². The summed E-state index contributed by atoms with van der Waals surface area (Å²) in [5.41, 5.74) is 1.56. The molecule has 0 radical (unpaired) electrons. The summed E-state index contributed by atoms with van der Waals surface area (Å²) in [4.78, 5) is 10.7. The summed E-state index contributed by atoms with van der Waals surface area (Å²) < 4.78 is 42.4. The summed E-state index contributed by atoms with van der Waals surface area (Å²) in [5.74, 6) is -0.143. The molecule has 0 aliphatic heterocycles. The minimum atomic E-state index is -4.52. The van der Waals surface area contributed by atoms with Crippen LogP contribution in [0.1, 0.15) is 10.4 Å². The Morgan fingerprint density at radius 1 is 1.05 bits per heavy atom. The maximum absolute atomic E-state index is 11.5. The lowest BCUT2D eigenvalue weighted by Gasteiger charge is -2.14. The van der Waals surface area contributed by atoms with E-state index in [0.29, 0.717) is 23.0 Å². The van der Waals surface area contributed by atoms with Gasteiger partial charge in [0.05, 0.1) is 14.2 Å². The molecule has 0 aliphatic carbocycles. The molecule has 0 aliphatic rings. The number of aldehydes is 1. The third-order valence-corrected chi connectivity index (χ3v) is 4.04. The largest absolute Gasteiger partial charge is 0.495 e. The van der Waals surface area contributed by atoms with Crippen molar-refractivity contribution in [1.29, 1.82) is 0 Å². The highest BCUT2D eigenvalue weighted by molar-refractivity contribution is 7.86. The highest BCUT2D eigenvalue weighted by atomic mass is 32.2. The summed E-state index contributed by atoms with van der Waals surface area (Å²) >= 11 is 0. The average molecular weight is 322 g/mol. The Labute approximate surface area is 128 Å². The van der Waals surface area contributed by atoms with E-state index in [0.717, 1.165) is 0 Å². The molecular formula is C15H14O6S. The normalized spacial score (nSPS) is 11.0. The number of ether oxygens (including phenoxy) is 2. The zero-order valence-electron chi connectivity index (χ0n) is 11.9. The van der Waals surface area contributed by atoms with E-state index in [1.54, 1.807) is 24.3 Å². The zero-order chi connectivity index (χ0) is 16.3. The molecule has 22 heavy (non-hydrogen) atoms. The van der Waals surface area contributed by atoms with Crippen molar-refractivity contribution in [3.63, 3.8) is 0 Å². The molecule has 0 saturated heterocycles. The molecule has 7 heteroatoms. The van der Waals surface area contributed by atoms with Crippen molar-refractivity contribution in [2.75, 3.05) is 14.2 Å². The van der Waals surface area contributed by atoms with Gasteiger partial charge in [0.1, 0.15) is 11.5 Å². The fraction of sp³-hybridized carbons (Fsp3) is 0.133. The molecule has 0 saturated carbocycles. The van der Waals surface area contributed by atoms with Crippen LogP contribution in [0.15, 0.2) is 41.3 Å². The Bertz CT molecular complexity index is 786. The van der Waals surface area contributed by atoms with Gasteiger partial charge in [-0.3, -0.25) is 9.35 Å². The average Bonchev–Trinajstić information content (AvgIpc) is 2.52. The van der Waals surface area contributed by atoms with E-state index in [4.69, 9.17) is 9.47 Å². The smallest absolute Gasteiger partial charge is 0.301 e. The summed E-state index contributed by atoms with van der Waals surface area (Å²) in [6.45, 7) is 0. The second-order valence-electron chi connectivity index (χ2n) is 4.39. The molecule has 0 amide bonds.